The topological polar surface area (TPSA) is 105 Å². The van der Waals surface area contributed by atoms with Gasteiger partial charge in [0.25, 0.3) is 11.6 Å². The first-order valence-electron chi connectivity index (χ1n) is 9.56. The fraction of sp³-hybridized carbons (Fsp3) is 0.600. The number of fused-ring (bicyclic) bond motifs is 1. The lowest BCUT2D eigenvalue weighted by Crippen LogP contribution is -2.42. The minimum atomic E-state index is -0.987. The zero-order valence-electron chi connectivity index (χ0n) is 15.9. The first-order valence-corrected chi connectivity index (χ1v) is 9.56. The first-order chi connectivity index (χ1) is 12.7. The second-order valence-electron chi connectivity index (χ2n) is 9.04. The highest BCUT2D eigenvalue weighted by atomic mass is 16.5. The van der Waals surface area contributed by atoms with Crippen LogP contribution in [0.15, 0.2) is 10.6 Å². The van der Waals surface area contributed by atoms with Crippen molar-refractivity contribution in [2.75, 3.05) is 0 Å². The van der Waals surface area contributed by atoms with Gasteiger partial charge in [-0.25, -0.2) is 9.78 Å². The van der Waals surface area contributed by atoms with Gasteiger partial charge in [-0.3, -0.25) is 4.79 Å². The van der Waals surface area contributed by atoms with E-state index in [0.29, 0.717) is 34.7 Å². The van der Waals surface area contributed by atoms with Crippen LogP contribution in [-0.2, 0) is 11.2 Å². The third kappa shape index (κ3) is 3.82. The maximum atomic E-state index is 13.0. The fourth-order valence-electron chi connectivity index (χ4n) is 3.45. The second kappa shape index (κ2) is 6.32. The van der Waals surface area contributed by atoms with Crippen molar-refractivity contribution < 1.29 is 19.2 Å². The van der Waals surface area contributed by atoms with Gasteiger partial charge in [-0.05, 0) is 49.5 Å². The Hall–Kier alpha value is -2.44. The molecule has 0 bridgehead atoms. The largest absolute Gasteiger partial charge is 0.480 e. The Morgan fingerprint density at radius 3 is 2.56 bits per heavy atom. The Bertz CT molecular complexity index is 904. The average Bonchev–Trinajstić information content (AvgIpc) is 3.48. The number of pyridine rings is 1. The molecule has 1 atom stereocenters. The van der Waals surface area contributed by atoms with Gasteiger partial charge in [0.1, 0.15) is 6.04 Å². The summed E-state index contributed by atoms with van der Waals surface area (Å²) in [6.07, 6.45) is 4.39. The lowest BCUT2D eigenvalue weighted by molar-refractivity contribution is -0.139. The smallest absolute Gasteiger partial charge is 0.326 e. The molecule has 2 N–H and O–H groups in total. The van der Waals surface area contributed by atoms with Crippen LogP contribution in [0, 0.1) is 11.3 Å². The van der Waals surface area contributed by atoms with E-state index in [-0.39, 0.29) is 17.2 Å². The van der Waals surface area contributed by atoms with Crippen molar-refractivity contribution in [1.29, 1.82) is 0 Å². The number of carboxylic acids is 1. The summed E-state index contributed by atoms with van der Waals surface area (Å²) in [5.41, 5.74) is 2.27. The fourth-order valence-corrected chi connectivity index (χ4v) is 3.45. The summed E-state index contributed by atoms with van der Waals surface area (Å²) >= 11 is 0. The van der Waals surface area contributed by atoms with Crippen LogP contribution < -0.4 is 5.32 Å². The summed E-state index contributed by atoms with van der Waals surface area (Å²) in [6.45, 7) is 6.27. The lowest BCUT2D eigenvalue weighted by atomic mass is 9.89. The third-order valence-corrected chi connectivity index (χ3v) is 5.12. The van der Waals surface area contributed by atoms with E-state index in [1.165, 1.54) is 0 Å². The van der Waals surface area contributed by atoms with E-state index in [1.807, 2.05) is 0 Å². The van der Waals surface area contributed by atoms with Crippen LogP contribution in [-0.4, -0.2) is 33.2 Å². The quantitative estimate of drug-likeness (QED) is 0.807. The molecule has 0 spiro atoms. The Kier molecular flexibility index (Phi) is 4.20. The van der Waals surface area contributed by atoms with Gasteiger partial charge in [-0.15, -0.1) is 0 Å². The molecule has 0 aromatic carbocycles. The van der Waals surface area contributed by atoms with E-state index in [4.69, 9.17) is 4.52 Å². The molecule has 2 aliphatic carbocycles. The minimum absolute atomic E-state index is 0.0169. The van der Waals surface area contributed by atoms with Crippen molar-refractivity contribution in [2.45, 2.75) is 64.8 Å². The highest BCUT2D eigenvalue weighted by Crippen LogP contribution is 2.41. The van der Waals surface area contributed by atoms with Gasteiger partial charge in [0.05, 0.1) is 16.6 Å². The molecule has 4 rings (SSSR count). The van der Waals surface area contributed by atoms with Crippen molar-refractivity contribution in [3.05, 3.63) is 23.0 Å². The number of nitrogens with one attached hydrogen (secondary N) is 1. The summed E-state index contributed by atoms with van der Waals surface area (Å²) < 4.78 is 5.46. The molecule has 1 amide bonds. The Labute approximate surface area is 157 Å². The molecule has 2 fully saturated rings. The van der Waals surface area contributed by atoms with Crippen LogP contribution in [0.2, 0.25) is 0 Å². The maximum Gasteiger partial charge on any atom is 0.326 e. The molecule has 2 aromatic rings. The predicted molar refractivity (Wildman–Crippen MR) is 98.6 cm³/mol. The van der Waals surface area contributed by atoms with Gasteiger partial charge in [0.2, 0.25) is 0 Å². The molecule has 7 nitrogen and oxygen atoms in total. The molecule has 0 radical (unpaired) electrons. The molecule has 2 aliphatic rings. The van der Waals surface area contributed by atoms with E-state index in [9.17, 15) is 14.7 Å². The van der Waals surface area contributed by atoms with Gasteiger partial charge in [0.15, 0.2) is 0 Å². The number of rotatable bonds is 6. The van der Waals surface area contributed by atoms with E-state index < -0.39 is 12.0 Å². The molecule has 1 unspecified atom stereocenters. The van der Waals surface area contributed by atoms with Crippen molar-refractivity contribution in [2.24, 2.45) is 11.3 Å². The Morgan fingerprint density at radius 2 is 2.00 bits per heavy atom. The average molecular weight is 371 g/mol. The van der Waals surface area contributed by atoms with Gasteiger partial charge in [-0.1, -0.05) is 25.9 Å². The summed E-state index contributed by atoms with van der Waals surface area (Å²) in [6, 6.07) is 0.945. The number of hydrogen-bond donors (Lipinski definition) is 2. The normalized spacial score (nSPS) is 18.5. The summed E-state index contributed by atoms with van der Waals surface area (Å²) in [5, 5.41) is 16.9. The van der Waals surface area contributed by atoms with Gasteiger partial charge < -0.3 is 14.9 Å². The van der Waals surface area contributed by atoms with E-state index in [1.54, 1.807) is 6.07 Å². The SMILES string of the molecule is CC(C)(C)Cc1noc2nc(C3CC3)cc(C(=O)NC(C(=O)O)C3CC3)c12. The van der Waals surface area contributed by atoms with Crippen molar-refractivity contribution in [3.8, 4) is 0 Å². The van der Waals surface area contributed by atoms with Crippen molar-refractivity contribution in [1.82, 2.24) is 15.5 Å². The molecular weight excluding hydrogens is 346 g/mol. The molecule has 2 saturated carbocycles. The molecule has 2 heterocycles. The number of carbonyl (C=O) groups excluding carboxylic acids is 1. The van der Waals surface area contributed by atoms with Gasteiger partial charge >= 0.3 is 5.97 Å². The maximum absolute atomic E-state index is 13.0. The number of hydrogen-bond acceptors (Lipinski definition) is 5. The zero-order valence-corrected chi connectivity index (χ0v) is 15.9. The van der Waals surface area contributed by atoms with Crippen LogP contribution >= 0.6 is 0 Å². The number of carboxylic acid groups (broad SMARTS) is 1. The van der Waals surface area contributed by atoms with Crippen LogP contribution in [0.5, 0.6) is 0 Å². The number of nitrogens with zero attached hydrogens (tertiary/aromatic N) is 2. The van der Waals surface area contributed by atoms with Crippen LogP contribution in [0.3, 0.4) is 0 Å². The van der Waals surface area contributed by atoms with Gasteiger partial charge in [0, 0.05) is 11.6 Å². The van der Waals surface area contributed by atoms with Gasteiger partial charge in [-0.2, -0.15) is 0 Å². The second-order valence-corrected chi connectivity index (χ2v) is 9.04. The number of carbonyl (C=O) groups is 2. The minimum Gasteiger partial charge on any atom is -0.480 e. The van der Waals surface area contributed by atoms with E-state index in [2.05, 4.69) is 36.2 Å². The number of aromatic nitrogens is 2. The van der Waals surface area contributed by atoms with Crippen LogP contribution in [0.1, 0.15) is 74.1 Å². The Balaban J connectivity index is 1.75. The number of amides is 1. The molecule has 144 valence electrons. The summed E-state index contributed by atoms with van der Waals surface area (Å²) in [7, 11) is 0. The van der Waals surface area contributed by atoms with Crippen LogP contribution in [0.25, 0.3) is 11.1 Å². The summed E-state index contributed by atoms with van der Waals surface area (Å²) in [5.74, 6) is -1.01. The third-order valence-electron chi connectivity index (χ3n) is 5.12. The molecule has 0 saturated heterocycles. The molecule has 2 aromatic heterocycles. The highest BCUT2D eigenvalue weighted by Gasteiger charge is 2.38. The zero-order chi connectivity index (χ0) is 19.3. The lowest BCUT2D eigenvalue weighted by Gasteiger charge is -2.17. The highest BCUT2D eigenvalue weighted by molar-refractivity contribution is 6.07. The molecule has 27 heavy (non-hydrogen) atoms. The first kappa shape index (κ1) is 17.9. The predicted octanol–water partition coefficient (Wildman–Crippen LogP) is 3.28. The monoisotopic (exact) mass is 371 g/mol. The number of aliphatic carboxylic acids is 1. The van der Waals surface area contributed by atoms with Crippen molar-refractivity contribution in [3.63, 3.8) is 0 Å². The van der Waals surface area contributed by atoms with Crippen LogP contribution in [0.4, 0.5) is 0 Å². The van der Waals surface area contributed by atoms with E-state index in [0.717, 1.165) is 31.4 Å². The Morgan fingerprint density at radius 1 is 1.30 bits per heavy atom. The molecule has 0 aliphatic heterocycles. The standard InChI is InChI=1S/C20H25N3O4/c1-20(2,3)9-14-15-12(17(24)22-16(19(25)26)11-6-7-11)8-13(10-4-5-10)21-18(15)27-23-14/h8,10-11,16H,4-7,9H2,1-3H3,(H,22,24)(H,25,26). The molecule has 7 heteroatoms. The molecular formula is C20H25N3O4. The summed E-state index contributed by atoms with van der Waals surface area (Å²) in [4.78, 5) is 29.2. The van der Waals surface area contributed by atoms with Crippen molar-refractivity contribution >= 4 is 23.0 Å². The van der Waals surface area contributed by atoms with E-state index >= 15 is 0 Å².